The van der Waals surface area contributed by atoms with Crippen LogP contribution in [0.25, 0.3) is 0 Å². The summed E-state index contributed by atoms with van der Waals surface area (Å²) in [5.41, 5.74) is -2.16. The molecule has 0 bridgehead atoms. The van der Waals surface area contributed by atoms with Gasteiger partial charge in [-0.25, -0.2) is 0 Å². The average molecular weight is 1060 g/mol. The van der Waals surface area contributed by atoms with Gasteiger partial charge in [-0.1, -0.05) is 76.6 Å². The number of hydrogen-bond donors (Lipinski definition) is 5. The molecule has 0 unspecified atom stereocenters. The summed E-state index contributed by atoms with van der Waals surface area (Å²) in [5.74, 6) is -5.16. The van der Waals surface area contributed by atoms with Crippen molar-refractivity contribution in [3.63, 3.8) is 0 Å². The number of carbonyl (C=O) groups is 7. The number of rotatable bonds is 19. The molecule has 21 heteroatoms. The number of likely N-dealkylation sites (N-methyl/N-ethyl adjacent to an activating group) is 2. The highest BCUT2D eigenvalue weighted by atomic mass is 35.5. The molecule has 2 heterocycles. The standard InChI is InChI=1S/C51H79Cl2F3N8O8/c1-7-17-38-43(65)57-24-15-11-19-41(45(67)60-40(30-33(4)5)47(69)62(6)42(46(68)58-38)32-34-31-35(52)20-21-36(34)53)64(9-3)48(70)39(18-12-16-25-63-26-28-72-29-27-63)59-44(66)37(8-2)61-49(71)50(51(54,55)56)22-13-10-14-23-50/h20-21,31,33,37-42H,7-19,22-30,32H2,1-6H3,(H,57,65)(H,58,68)(H,59,66)(H,60,67)(H,61,71)/t37-,38+,39-,40-,41-,42-/m0/s1. The summed E-state index contributed by atoms with van der Waals surface area (Å²) in [7, 11) is 1.44. The lowest BCUT2D eigenvalue weighted by molar-refractivity contribution is -0.230. The third-order valence-corrected chi connectivity index (χ3v) is 14.8. The highest BCUT2D eigenvalue weighted by Crippen LogP contribution is 2.49. The number of amides is 7. The number of benzene rings is 1. The molecule has 3 aliphatic rings. The number of hydrogen-bond acceptors (Lipinski definition) is 9. The molecule has 0 radical (unpaired) electrons. The van der Waals surface area contributed by atoms with Crippen molar-refractivity contribution in [3.8, 4) is 0 Å². The maximum Gasteiger partial charge on any atom is 0.403 e. The summed E-state index contributed by atoms with van der Waals surface area (Å²) in [6, 6.07) is -2.39. The van der Waals surface area contributed by atoms with E-state index in [4.69, 9.17) is 27.9 Å². The maximum absolute atomic E-state index is 15.1. The summed E-state index contributed by atoms with van der Waals surface area (Å²) in [4.78, 5) is 105. The minimum atomic E-state index is -4.84. The van der Waals surface area contributed by atoms with Gasteiger partial charge < -0.3 is 41.1 Å². The van der Waals surface area contributed by atoms with Crippen molar-refractivity contribution in [3.05, 3.63) is 33.8 Å². The van der Waals surface area contributed by atoms with Crippen LogP contribution < -0.4 is 26.6 Å². The first-order valence-corrected chi connectivity index (χ1v) is 26.8. The molecule has 3 fully saturated rings. The molecule has 72 heavy (non-hydrogen) atoms. The number of nitrogens with zero attached hydrogens (tertiary/aromatic N) is 3. The van der Waals surface area contributed by atoms with Crippen molar-refractivity contribution in [1.29, 1.82) is 0 Å². The molecule has 0 spiro atoms. The Hall–Kier alpha value is -4.20. The van der Waals surface area contributed by atoms with Gasteiger partial charge in [0.05, 0.1) is 13.2 Å². The van der Waals surface area contributed by atoms with E-state index in [1.807, 2.05) is 20.8 Å². The first-order valence-electron chi connectivity index (χ1n) is 26.0. The zero-order valence-corrected chi connectivity index (χ0v) is 44.5. The van der Waals surface area contributed by atoms with E-state index < -0.39 is 89.2 Å². The predicted molar refractivity (Wildman–Crippen MR) is 270 cm³/mol. The average Bonchev–Trinajstić information content (AvgIpc) is 3.34. The van der Waals surface area contributed by atoms with Crippen molar-refractivity contribution in [2.24, 2.45) is 11.3 Å². The molecule has 2 aliphatic heterocycles. The van der Waals surface area contributed by atoms with Gasteiger partial charge in [0.15, 0.2) is 0 Å². The first-order chi connectivity index (χ1) is 34.2. The Morgan fingerprint density at radius 3 is 2.19 bits per heavy atom. The number of unbranched alkanes of at least 4 members (excludes halogenated alkanes) is 1. The number of ether oxygens (including phenoxy) is 1. The monoisotopic (exact) mass is 1060 g/mol. The van der Waals surface area contributed by atoms with E-state index in [2.05, 4.69) is 31.5 Å². The van der Waals surface area contributed by atoms with Crippen LogP contribution in [0.2, 0.25) is 10.0 Å². The molecular formula is C51H79Cl2F3N8O8. The molecule has 4 rings (SSSR count). The second-order valence-corrected chi connectivity index (χ2v) is 20.8. The fourth-order valence-electron chi connectivity index (χ4n) is 9.94. The van der Waals surface area contributed by atoms with Gasteiger partial charge in [0, 0.05) is 49.7 Å². The minimum absolute atomic E-state index is 0.0140. The summed E-state index contributed by atoms with van der Waals surface area (Å²) in [6.07, 6.45) is -1.74. The fourth-order valence-corrected chi connectivity index (χ4v) is 10.3. The molecule has 5 N–H and O–H groups in total. The Morgan fingerprint density at radius 1 is 0.889 bits per heavy atom. The number of nitrogens with one attached hydrogen (secondary N) is 5. The van der Waals surface area contributed by atoms with Crippen molar-refractivity contribution in [1.82, 2.24) is 41.3 Å². The smallest absolute Gasteiger partial charge is 0.379 e. The van der Waals surface area contributed by atoms with Gasteiger partial charge in [0.2, 0.25) is 41.4 Å². The van der Waals surface area contributed by atoms with Crippen LogP contribution in [0.3, 0.4) is 0 Å². The number of morpholine rings is 1. The molecule has 7 amide bonds. The molecule has 0 aromatic heterocycles. The number of alkyl halides is 3. The Bertz CT molecular complexity index is 1990. The lowest BCUT2D eigenvalue weighted by atomic mass is 9.72. The number of halogens is 5. The second-order valence-electron chi connectivity index (χ2n) is 20.0. The van der Waals surface area contributed by atoms with Gasteiger partial charge in [-0.2, -0.15) is 13.2 Å². The van der Waals surface area contributed by atoms with Crippen LogP contribution in [0.1, 0.15) is 136 Å². The van der Waals surface area contributed by atoms with E-state index in [1.165, 1.54) is 16.8 Å². The fraction of sp³-hybridized carbons (Fsp3) is 0.745. The third-order valence-electron chi connectivity index (χ3n) is 14.2. The van der Waals surface area contributed by atoms with Gasteiger partial charge in [-0.05, 0) is 114 Å². The molecule has 6 atom stereocenters. The van der Waals surface area contributed by atoms with Gasteiger partial charge in [-0.3, -0.25) is 38.5 Å². The van der Waals surface area contributed by atoms with E-state index in [1.54, 1.807) is 32.0 Å². The van der Waals surface area contributed by atoms with Crippen molar-refractivity contribution in [2.75, 3.05) is 53.0 Å². The Morgan fingerprint density at radius 2 is 1.57 bits per heavy atom. The summed E-state index contributed by atoms with van der Waals surface area (Å²) < 4.78 is 49.2. The normalized spacial score (nSPS) is 23.1. The Labute approximate surface area is 433 Å². The van der Waals surface area contributed by atoms with E-state index in [-0.39, 0.29) is 76.8 Å². The lowest BCUT2D eigenvalue weighted by Gasteiger charge is -2.38. The summed E-state index contributed by atoms with van der Waals surface area (Å²) >= 11 is 12.9. The van der Waals surface area contributed by atoms with E-state index in [9.17, 15) is 41.9 Å². The van der Waals surface area contributed by atoms with Crippen molar-refractivity contribution in [2.45, 2.75) is 180 Å². The third kappa shape index (κ3) is 16.9. The summed E-state index contributed by atoms with van der Waals surface area (Å²) in [6.45, 7) is 12.4. The van der Waals surface area contributed by atoms with Crippen LogP contribution in [0.4, 0.5) is 13.2 Å². The van der Waals surface area contributed by atoms with Gasteiger partial charge in [-0.15, -0.1) is 0 Å². The van der Waals surface area contributed by atoms with Crippen LogP contribution in [-0.2, 0) is 44.7 Å². The molecule has 1 saturated carbocycles. The molecule has 1 aromatic carbocycles. The highest BCUT2D eigenvalue weighted by molar-refractivity contribution is 6.33. The Kier molecular flexibility index (Phi) is 24.3. The zero-order chi connectivity index (χ0) is 53.2. The largest absolute Gasteiger partial charge is 0.403 e. The highest BCUT2D eigenvalue weighted by Gasteiger charge is 2.60. The zero-order valence-electron chi connectivity index (χ0n) is 43.0. The molecular weight excluding hydrogens is 981 g/mol. The quantitative estimate of drug-likeness (QED) is 0.102. The van der Waals surface area contributed by atoms with E-state index >= 15 is 4.79 Å². The Balaban J connectivity index is 1.70. The van der Waals surface area contributed by atoms with Gasteiger partial charge in [0.25, 0.3) is 0 Å². The van der Waals surface area contributed by atoms with Crippen LogP contribution in [0.5, 0.6) is 0 Å². The van der Waals surface area contributed by atoms with Crippen LogP contribution in [0.15, 0.2) is 18.2 Å². The lowest BCUT2D eigenvalue weighted by Crippen LogP contribution is -2.61. The van der Waals surface area contributed by atoms with Crippen LogP contribution >= 0.6 is 23.2 Å². The molecule has 1 aromatic rings. The summed E-state index contributed by atoms with van der Waals surface area (Å²) in [5, 5.41) is 14.5. The van der Waals surface area contributed by atoms with E-state index in [0.29, 0.717) is 80.3 Å². The predicted octanol–water partition coefficient (Wildman–Crippen LogP) is 6.09. The van der Waals surface area contributed by atoms with Crippen LogP contribution in [-0.4, -0.2) is 151 Å². The molecule has 406 valence electrons. The maximum atomic E-state index is 15.1. The molecule has 16 nitrogen and oxygen atoms in total. The molecule has 1 aliphatic carbocycles. The van der Waals surface area contributed by atoms with E-state index in [0.717, 1.165) is 13.1 Å². The van der Waals surface area contributed by atoms with Gasteiger partial charge >= 0.3 is 6.18 Å². The SMILES string of the molecule is CCC[C@H]1NC(=O)[C@H](Cc2cc(Cl)ccc2Cl)N(C)C(=O)[C@H](CC(C)C)NC(=O)[C@@H](N(CC)C(=O)[C@H](CCCCN2CCOCC2)NC(=O)[C@H](CC)NC(=O)C2(C(F)(F)F)CCCCC2)CCCCNC1=O. The number of carbonyl (C=O) groups excluding carboxylic acids is 7. The molecule has 2 saturated heterocycles. The second kappa shape index (κ2) is 29.0. The topological polar surface area (TPSA) is 199 Å². The van der Waals surface area contributed by atoms with Crippen molar-refractivity contribution >= 4 is 64.6 Å². The van der Waals surface area contributed by atoms with Crippen LogP contribution in [0, 0.1) is 11.3 Å². The van der Waals surface area contributed by atoms with Gasteiger partial charge in [0.1, 0.15) is 41.7 Å². The first kappa shape index (κ1) is 60.4. The minimum Gasteiger partial charge on any atom is -0.379 e. The van der Waals surface area contributed by atoms with Crippen molar-refractivity contribution < 1.29 is 51.5 Å².